The van der Waals surface area contributed by atoms with Gasteiger partial charge in [0.15, 0.2) is 5.82 Å². The van der Waals surface area contributed by atoms with Crippen molar-refractivity contribution in [2.75, 3.05) is 11.4 Å². The quantitative estimate of drug-likeness (QED) is 0.445. The van der Waals surface area contributed by atoms with Crippen LogP contribution in [-0.2, 0) is 19.0 Å². The highest BCUT2D eigenvalue weighted by Crippen LogP contribution is 2.44. The Morgan fingerprint density at radius 1 is 0.971 bits per heavy atom. The molecule has 0 bridgehead atoms. The van der Waals surface area contributed by atoms with E-state index in [4.69, 9.17) is 0 Å². The molecule has 1 atom stereocenters. The van der Waals surface area contributed by atoms with Crippen molar-refractivity contribution in [2.24, 2.45) is 7.05 Å². The van der Waals surface area contributed by atoms with E-state index < -0.39 is 5.54 Å². The maximum Gasteiger partial charge on any atom is 0.156 e. The van der Waals surface area contributed by atoms with Crippen molar-refractivity contribution in [3.8, 4) is 5.75 Å². The van der Waals surface area contributed by atoms with E-state index in [0.29, 0.717) is 0 Å². The Morgan fingerprint density at radius 2 is 1.71 bits per heavy atom. The molecule has 0 saturated carbocycles. The molecule has 0 aliphatic carbocycles. The number of halogens is 1. The van der Waals surface area contributed by atoms with E-state index in [1.807, 2.05) is 55.0 Å². The van der Waals surface area contributed by atoms with Crippen molar-refractivity contribution in [1.82, 2.24) is 14.8 Å². The fourth-order valence-corrected chi connectivity index (χ4v) is 4.84. The third kappa shape index (κ3) is 3.75. The van der Waals surface area contributed by atoms with E-state index in [-0.39, 0.29) is 11.6 Å². The molecule has 0 radical (unpaired) electrons. The fourth-order valence-electron chi connectivity index (χ4n) is 4.84. The van der Waals surface area contributed by atoms with Crippen LogP contribution in [0.3, 0.4) is 0 Å². The van der Waals surface area contributed by atoms with Crippen LogP contribution in [0.4, 0.5) is 10.1 Å². The highest BCUT2D eigenvalue weighted by atomic mass is 19.1. The summed E-state index contributed by atoms with van der Waals surface area (Å²) >= 11 is 0. The van der Waals surface area contributed by atoms with Crippen molar-refractivity contribution >= 4 is 17.8 Å². The normalized spacial score (nSPS) is 17.8. The molecule has 4 aromatic rings. The number of hydrogen-bond acceptors (Lipinski definition) is 4. The zero-order chi connectivity index (χ0) is 23.9. The maximum absolute atomic E-state index is 13.7. The smallest absolute Gasteiger partial charge is 0.156 e. The molecule has 6 heteroatoms. The van der Waals surface area contributed by atoms with Gasteiger partial charge in [-0.15, -0.1) is 10.2 Å². The molecule has 0 saturated heterocycles. The van der Waals surface area contributed by atoms with Crippen molar-refractivity contribution < 1.29 is 9.50 Å². The molecule has 1 aromatic heterocycles. The molecular formula is C28H27FN4O. The number of nitrogens with zero attached hydrogens (tertiary/aromatic N) is 4. The van der Waals surface area contributed by atoms with E-state index >= 15 is 0 Å². The summed E-state index contributed by atoms with van der Waals surface area (Å²) in [5.74, 6) is 1.70. The average molecular weight is 455 g/mol. The summed E-state index contributed by atoms with van der Waals surface area (Å²) in [7, 11) is 1.95. The standard InChI is InChI=1S/C28H27FN4O/c1-19-30-31-27(32(19)3)15-6-20-4-7-22(8-5-20)28(2)26-14-13-25(34)18-21(26)16-17-33(28)24-11-9-23(29)10-12-24/h4-15,18,34H,16-17H2,1-3H3/b15-6+. The number of rotatable bonds is 4. The first kappa shape index (κ1) is 21.9. The highest BCUT2D eigenvalue weighted by Gasteiger charge is 2.40. The first-order chi connectivity index (χ1) is 16.4. The molecule has 1 N–H and O–H groups in total. The minimum atomic E-state index is -0.484. The fraction of sp³-hybridized carbons (Fsp3) is 0.214. The predicted octanol–water partition coefficient (Wildman–Crippen LogP) is 5.46. The van der Waals surface area contributed by atoms with Gasteiger partial charge in [-0.1, -0.05) is 36.4 Å². The van der Waals surface area contributed by atoms with Gasteiger partial charge in [-0.25, -0.2) is 4.39 Å². The molecule has 5 rings (SSSR count). The molecule has 34 heavy (non-hydrogen) atoms. The Morgan fingerprint density at radius 3 is 2.38 bits per heavy atom. The molecular weight excluding hydrogens is 427 g/mol. The second kappa shape index (κ2) is 8.45. The van der Waals surface area contributed by atoms with Gasteiger partial charge in [-0.2, -0.15) is 0 Å². The Bertz CT molecular complexity index is 1360. The van der Waals surface area contributed by atoms with Crippen molar-refractivity contribution in [2.45, 2.75) is 25.8 Å². The third-order valence-corrected chi connectivity index (χ3v) is 6.92. The predicted molar refractivity (Wildman–Crippen MR) is 133 cm³/mol. The molecule has 3 aromatic carbocycles. The van der Waals surface area contributed by atoms with Gasteiger partial charge >= 0.3 is 0 Å². The van der Waals surface area contributed by atoms with E-state index in [1.165, 1.54) is 12.1 Å². The van der Waals surface area contributed by atoms with Crippen molar-refractivity contribution in [3.63, 3.8) is 0 Å². The third-order valence-electron chi connectivity index (χ3n) is 6.92. The minimum Gasteiger partial charge on any atom is -0.508 e. The van der Waals surface area contributed by atoms with E-state index in [1.54, 1.807) is 6.07 Å². The van der Waals surface area contributed by atoms with Gasteiger partial charge < -0.3 is 14.6 Å². The summed E-state index contributed by atoms with van der Waals surface area (Å²) < 4.78 is 15.6. The highest BCUT2D eigenvalue weighted by molar-refractivity contribution is 5.68. The first-order valence-corrected chi connectivity index (χ1v) is 11.4. The average Bonchev–Trinajstić information content (AvgIpc) is 3.16. The number of aromatic hydroxyl groups is 1. The zero-order valence-corrected chi connectivity index (χ0v) is 19.5. The molecule has 0 spiro atoms. The molecule has 1 unspecified atom stereocenters. The van der Waals surface area contributed by atoms with Gasteiger partial charge in [0.2, 0.25) is 0 Å². The monoisotopic (exact) mass is 454 g/mol. The van der Waals surface area contributed by atoms with Crippen LogP contribution in [0, 0.1) is 12.7 Å². The van der Waals surface area contributed by atoms with Gasteiger partial charge in [0.1, 0.15) is 17.4 Å². The second-order valence-corrected chi connectivity index (χ2v) is 8.91. The number of aryl methyl sites for hydroxylation is 1. The Labute approximate surface area is 198 Å². The Kier molecular flexibility index (Phi) is 5.44. The van der Waals surface area contributed by atoms with E-state index in [9.17, 15) is 9.50 Å². The lowest BCUT2D eigenvalue weighted by molar-refractivity contribution is 0.463. The summed E-state index contributed by atoms with van der Waals surface area (Å²) in [5, 5.41) is 18.4. The van der Waals surface area contributed by atoms with Gasteiger partial charge in [0, 0.05) is 19.3 Å². The minimum absolute atomic E-state index is 0.248. The molecule has 172 valence electrons. The molecule has 0 amide bonds. The molecule has 0 fully saturated rings. The lowest BCUT2D eigenvalue weighted by Gasteiger charge is -2.48. The number of hydrogen-bond donors (Lipinski definition) is 1. The van der Waals surface area contributed by atoms with Gasteiger partial charge in [0.05, 0.1) is 5.54 Å². The van der Waals surface area contributed by atoms with Crippen LogP contribution in [0.5, 0.6) is 5.75 Å². The first-order valence-electron chi connectivity index (χ1n) is 11.4. The van der Waals surface area contributed by atoms with Crippen molar-refractivity contribution in [3.05, 3.63) is 106 Å². The number of benzene rings is 3. The van der Waals surface area contributed by atoms with Crippen LogP contribution in [0.15, 0.2) is 66.7 Å². The van der Waals surface area contributed by atoms with Crippen LogP contribution >= 0.6 is 0 Å². The van der Waals surface area contributed by atoms with Crippen LogP contribution < -0.4 is 4.90 Å². The Balaban J connectivity index is 1.55. The Hall–Kier alpha value is -3.93. The lowest BCUT2D eigenvalue weighted by Crippen LogP contribution is -2.49. The SMILES string of the molecule is Cc1nnc(/C=C/c2ccc(C3(C)c4ccc(O)cc4CCN3c3ccc(F)cc3)cc2)n1C. The van der Waals surface area contributed by atoms with Crippen molar-refractivity contribution in [1.29, 1.82) is 0 Å². The van der Waals surface area contributed by atoms with Crippen LogP contribution in [0.2, 0.25) is 0 Å². The van der Waals surface area contributed by atoms with Gasteiger partial charge in [-0.3, -0.25) is 0 Å². The number of aromatic nitrogens is 3. The van der Waals surface area contributed by atoms with Crippen LogP contribution in [-0.4, -0.2) is 26.4 Å². The van der Waals surface area contributed by atoms with E-state index in [0.717, 1.165) is 52.6 Å². The van der Waals surface area contributed by atoms with Crippen LogP contribution in [0.25, 0.3) is 12.2 Å². The summed E-state index contributed by atoms with van der Waals surface area (Å²) in [5.41, 5.74) is 4.92. The number of phenols is 1. The summed E-state index contributed by atoms with van der Waals surface area (Å²) in [6.07, 6.45) is 4.79. The van der Waals surface area contributed by atoms with Gasteiger partial charge in [0.25, 0.3) is 0 Å². The molecule has 5 nitrogen and oxygen atoms in total. The number of fused-ring (bicyclic) bond motifs is 1. The molecule has 1 aliphatic heterocycles. The number of phenolic OH excluding ortho intramolecular Hbond substituents is 1. The topological polar surface area (TPSA) is 54.2 Å². The maximum atomic E-state index is 13.7. The van der Waals surface area contributed by atoms with Crippen LogP contribution in [0.1, 0.15) is 40.8 Å². The zero-order valence-electron chi connectivity index (χ0n) is 19.5. The second-order valence-electron chi connectivity index (χ2n) is 8.91. The summed E-state index contributed by atoms with van der Waals surface area (Å²) in [6, 6.07) is 20.7. The van der Waals surface area contributed by atoms with E-state index in [2.05, 4.69) is 46.3 Å². The molecule has 2 heterocycles. The summed E-state index contributed by atoms with van der Waals surface area (Å²) in [6.45, 7) is 4.87. The summed E-state index contributed by atoms with van der Waals surface area (Å²) in [4.78, 5) is 2.32. The lowest BCUT2D eigenvalue weighted by atomic mass is 9.76. The largest absolute Gasteiger partial charge is 0.508 e. The van der Waals surface area contributed by atoms with Gasteiger partial charge in [-0.05, 0) is 85.0 Å². The molecule has 1 aliphatic rings. The number of anilines is 1.